The number of para-hydroxylation sites is 1. The van der Waals surface area contributed by atoms with E-state index in [2.05, 4.69) is 0 Å². The molecule has 4 nitrogen and oxygen atoms in total. The van der Waals surface area contributed by atoms with Gasteiger partial charge in [0.2, 0.25) is 0 Å². The first-order chi connectivity index (χ1) is 9.70. The van der Waals surface area contributed by atoms with Crippen molar-refractivity contribution in [3.05, 3.63) is 36.1 Å². The zero-order valence-corrected chi connectivity index (χ0v) is 12.0. The Kier molecular flexibility index (Phi) is 3.68. The molecule has 0 bridgehead atoms. The smallest absolute Gasteiger partial charge is 0.258 e. The summed E-state index contributed by atoms with van der Waals surface area (Å²) in [6.45, 7) is 3.01. The SMILES string of the molecule is CC1COC(CCl)CN1C(=O)c1coc2ccccc12. The largest absolute Gasteiger partial charge is 0.463 e. The maximum atomic E-state index is 12.7. The second-order valence-corrected chi connectivity index (χ2v) is 5.37. The van der Waals surface area contributed by atoms with Crippen molar-refractivity contribution < 1.29 is 13.9 Å². The van der Waals surface area contributed by atoms with Crippen molar-refractivity contribution in [1.82, 2.24) is 4.90 Å². The van der Waals surface area contributed by atoms with E-state index < -0.39 is 0 Å². The lowest BCUT2D eigenvalue weighted by Crippen LogP contribution is -2.51. The van der Waals surface area contributed by atoms with E-state index in [4.69, 9.17) is 20.8 Å². The second-order valence-electron chi connectivity index (χ2n) is 5.06. The molecule has 2 unspecified atom stereocenters. The predicted octanol–water partition coefficient (Wildman–Crippen LogP) is 2.90. The Morgan fingerprint density at radius 3 is 3.05 bits per heavy atom. The van der Waals surface area contributed by atoms with Gasteiger partial charge >= 0.3 is 0 Å². The number of benzene rings is 1. The van der Waals surface area contributed by atoms with E-state index in [-0.39, 0.29) is 18.1 Å². The van der Waals surface area contributed by atoms with Gasteiger partial charge in [-0.15, -0.1) is 11.6 Å². The summed E-state index contributed by atoms with van der Waals surface area (Å²) in [7, 11) is 0. The molecule has 1 aliphatic rings. The molecule has 1 fully saturated rings. The van der Waals surface area contributed by atoms with Gasteiger partial charge < -0.3 is 14.1 Å². The first-order valence-electron chi connectivity index (χ1n) is 6.65. The van der Waals surface area contributed by atoms with Crippen LogP contribution in [0.25, 0.3) is 11.0 Å². The lowest BCUT2D eigenvalue weighted by atomic mass is 10.1. The maximum absolute atomic E-state index is 12.7. The lowest BCUT2D eigenvalue weighted by molar-refractivity contribution is -0.0371. The number of hydrogen-bond acceptors (Lipinski definition) is 3. The first kappa shape index (κ1) is 13.5. The van der Waals surface area contributed by atoms with Gasteiger partial charge in [0.15, 0.2) is 0 Å². The molecule has 1 aromatic heterocycles. The fourth-order valence-corrected chi connectivity index (χ4v) is 2.68. The first-order valence-corrected chi connectivity index (χ1v) is 7.19. The van der Waals surface area contributed by atoms with Crippen LogP contribution >= 0.6 is 11.6 Å². The van der Waals surface area contributed by atoms with Crippen molar-refractivity contribution >= 4 is 28.5 Å². The van der Waals surface area contributed by atoms with Crippen molar-refractivity contribution in [2.24, 2.45) is 0 Å². The summed E-state index contributed by atoms with van der Waals surface area (Å²) in [4.78, 5) is 14.5. The number of nitrogens with zero attached hydrogens (tertiary/aromatic N) is 1. The van der Waals surface area contributed by atoms with Crippen LogP contribution in [-0.4, -0.2) is 42.0 Å². The molecule has 5 heteroatoms. The fourth-order valence-electron chi connectivity index (χ4n) is 2.49. The highest BCUT2D eigenvalue weighted by molar-refractivity contribution is 6.18. The van der Waals surface area contributed by atoms with Crippen LogP contribution in [0.2, 0.25) is 0 Å². The molecule has 106 valence electrons. The summed E-state index contributed by atoms with van der Waals surface area (Å²) in [5.74, 6) is 0.365. The molecule has 1 amide bonds. The standard InChI is InChI=1S/C15H16ClNO3/c1-10-8-19-11(6-16)7-17(10)15(18)13-9-20-14-5-3-2-4-12(13)14/h2-5,9-11H,6-8H2,1H3. The molecule has 3 rings (SSSR count). The molecular weight excluding hydrogens is 278 g/mol. The highest BCUT2D eigenvalue weighted by Crippen LogP contribution is 2.24. The Labute approximate surface area is 122 Å². The van der Waals surface area contributed by atoms with Crippen LogP contribution in [0.5, 0.6) is 0 Å². The molecular formula is C15H16ClNO3. The van der Waals surface area contributed by atoms with Crippen LogP contribution in [0, 0.1) is 0 Å². The van der Waals surface area contributed by atoms with Crippen LogP contribution in [0.15, 0.2) is 34.9 Å². The quantitative estimate of drug-likeness (QED) is 0.800. The van der Waals surface area contributed by atoms with Gasteiger partial charge in [-0.2, -0.15) is 0 Å². The molecule has 1 aromatic carbocycles. The molecule has 0 spiro atoms. The van der Waals surface area contributed by atoms with E-state index in [1.165, 1.54) is 6.26 Å². The van der Waals surface area contributed by atoms with Gasteiger partial charge in [-0.3, -0.25) is 4.79 Å². The average molecular weight is 294 g/mol. The summed E-state index contributed by atoms with van der Waals surface area (Å²) in [5.41, 5.74) is 1.33. The Morgan fingerprint density at radius 1 is 1.45 bits per heavy atom. The number of carbonyl (C=O) groups is 1. The number of ether oxygens (including phenoxy) is 1. The molecule has 0 N–H and O–H groups in total. The highest BCUT2D eigenvalue weighted by Gasteiger charge is 2.31. The van der Waals surface area contributed by atoms with Crippen LogP contribution in [0.1, 0.15) is 17.3 Å². The number of morpholine rings is 1. The van der Waals surface area contributed by atoms with Crippen molar-refractivity contribution in [3.63, 3.8) is 0 Å². The van der Waals surface area contributed by atoms with Gasteiger partial charge in [-0.25, -0.2) is 0 Å². The third-order valence-corrected chi connectivity index (χ3v) is 3.99. The summed E-state index contributed by atoms with van der Waals surface area (Å²) in [6, 6.07) is 7.59. The molecule has 0 radical (unpaired) electrons. The number of rotatable bonds is 2. The van der Waals surface area contributed by atoms with Crippen molar-refractivity contribution in [2.45, 2.75) is 19.1 Å². The third kappa shape index (κ3) is 2.30. The summed E-state index contributed by atoms with van der Waals surface area (Å²) in [5, 5.41) is 0.846. The number of fused-ring (bicyclic) bond motifs is 1. The summed E-state index contributed by atoms with van der Waals surface area (Å²) < 4.78 is 11.0. The fraction of sp³-hybridized carbons (Fsp3) is 0.400. The topological polar surface area (TPSA) is 42.7 Å². The molecule has 0 aliphatic carbocycles. The molecule has 2 aromatic rings. The van der Waals surface area contributed by atoms with Gasteiger partial charge in [-0.1, -0.05) is 18.2 Å². The van der Waals surface area contributed by atoms with Gasteiger partial charge in [0.25, 0.3) is 5.91 Å². The number of alkyl halides is 1. The molecule has 1 saturated heterocycles. The van der Waals surface area contributed by atoms with Crippen molar-refractivity contribution in [2.75, 3.05) is 19.0 Å². The highest BCUT2D eigenvalue weighted by atomic mass is 35.5. The Hall–Kier alpha value is -1.52. The van der Waals surface area contributed by atoms with Gasteiger partial charge in [0.1, 0.15) is 11.8 Å². The number of carbonyl (C=O) groups excluding carboxylic acids is 1. The minimum Gasteiger partial charge on any atom is -0.463 e. The Bertz CT molecular complexity index is 624. The van der Waals surface area contributed by atoms with Crippen LogP contribution < -0.4 is 0 Å². The summed E-state index contributed by atoms with van der Waals surface area (Å²) >= 11 is 5.84. The van der Waals surface area contributed by atoms with Gasteiger partial charge in [0.05, 0.1) is 30.2 Å². The van der Waals surface area contributed by atoms with Crippen LogP contribution in [0.3, 0.4) is 0 Å². The maximum Gasteiger partial charge on any atom is 0.258 e. The Morgan fingerprint density at radius 2 is 2.25 bits per heavy atom. The predicted molar refractivity (Wildman–Crippen MR) is 77.2 cm³/mol. The monoisotopic (exact) mass is 293 g/mol. The number of halogens is 1. The third-order valence-electron chi connectivity index (χ3n) is 3.65. The van der Waals surface area contributed by atoms with E-state index in [0.717, 1.165) is 11.0 Å². The van der Waals surface area contributed by atoms with Gasteiger partial charge in [-0.05, 0) is 13.0 Å². The number of hydrogen-bond donors (Lipinski definition) is 0. The molecule has 1 aliphatic heterocycles. The van der Waals surface area contributed by atoms with E-state index in [9.17, 15) is 4.79 Å². The average Bonchev–Trinajstić information content (AvgIpc) is 2.91. The Balaban J connectivity index is 1.91. The van der Waals surface area contributed by atoms with E-state index in [1.807, 2.05) is 36.1 Å². The van der Waals surface area contributed by atoms with Crippen molar-refractivity contribution in [3.8, 4) is 0 Å². The van der Waals surface area contributed by atoms with Crippen LogP contribution in [0.4, 0.5) is 0 Å². The molecule has 20 heavy (non-hydrogen) atoms. The minimum atomic E-state index is -0.102. The normalized spacial score (nSPS) is 23.2. The van der Waals surface area contributed by atoms with Gasteiger partial charge in [0, 0.05) is 11.9 Å². The molecule has 2 atom stereocenters. The van der Waals surface area contributed by atoms with E-state index >= 15 is 0 Å². The summed E-state index contributed by atoms with van der Waals surface area (Å²) in [6.07, 6.45) is 1.43. The molecule has 2 heterocycles. The van der Waals surface area contributed by atoms with Crippen molar-refractivity contribution in [1.29, 1.82) is 0 Å². The lowest BCUT2D eigenvalue weighted by Gasteiger charge is -2.37. The number of furan rings is 1. The van der Waals surface area contributed by atoms with Crippen LogP contribution in [-0.2, 0) is 4.74 Å². The van der Waals surface area contributed by atoms with E-state index in [1.54, 1.807) is 0 Å². The zero-order chi connectivity index (χ0) is 14.1. The zero-order valence-electron chi connectivity index (χ0n) is 11.2. The minimum absolute atomic E-state index is 0.0270. The molecule has 0 saturated carbocycles. The second kappa shape index (κ2) is 5.46. The number of amides is 1. The van der Waals surface area contributed by atoms with E-state index in [0.29, 0.717) is 24.6 Å².